The highest BCUT2D eigenvalue weighted by Gasteiger charge is 1.98. The maximum Gasteiger partial charge on any atom is 0.144 e. The van der Waals surface area contributed by atoms with E-state index in [9.17, 15) is 8.42 Å². The quantitative estimate of drug-likeness (QED) is 0.742. The Hall–Kier alpha value is -0.540. The first kappa shape index (κ1) is 9.55. The minimum atomic E-state index is -2.38. The molecule has 4 heteroatoms. The maximum absolute atomic E-state index is 10.3. The van der Waals surface area contributed by atoms with Gasteiger partial charge in [-0.25, -0.2) is 8.42 Å². The zero-order valence-corrected chi connectivity index (χ0v) is 7.94. The summed E-state index contributed by atoms with van der Waals surface area (Å²) in [4.78, 5) is 0. The van der Waals surface area contributed by atoms with Crippen molar-refractivity contribution < 1.29 is 8.42 Å². The summed E-state index contributed by atoms with van der Waals surface area (Å²) in [7, 11) is -2.38. The molecule has 0 N–H and O–H groups in total. The summed E-state index contributed by atoms with van der Waals surface area (Å²) >= 11 is 5.74. The minimum Gasteiger partial charge on any atom is -0.232 e. The molecule has 1 radical (unpaired) electrons. The van der Waals surface area contributed by atoms with Gasteiger partial charge in [0.15, 0.2) is 0 Å². The topological polar surface area (TPSA) is 34.1 Å². The van der Waals surface area contributed by atoms with E-state index >= 15 is 0 Å². The molecule has 0 spiro atoms. The first-order valence-corrected chi connectivity index (χ1v) is 5.06. The van der Waals surface area contributed by atoms with Gasteiger partial charge in [0.2, 0.25) is 0 Å². The minimum absolute atomic E-state index is 0.0370. The second-order valence-electron chi connectivity index (χ2n) is 2.42. The van der Waals surface area contributed by atoms with Gasteiger partial charge in [0.1, 0.15) is 10.7 Å². The molecule has 2 nitrogen and oxygen atoms in total. The van der Waals surface area contributed by atoms with Crippen molar-refractivity contribution in [3.8, 4) is 0 Å². The van der Waals surface area contributed by atoms with E-state index in [1.807, 2.05) is 0 Å². The fourth-order valence-corrected chi connectivity index (χ4v) is 1.54. The average Bonchev–Trinajstić information content (AvgIpc) is 1.96. The molecular weight excluding hydrogens is 196 g/mol. The van der Waals surface area contributed by atoms with E-state index in [0.717, 1.165) is 0 Å². The van der Waals surface area contributed by atoms with Crippen LogP contribution in [0.15, 0.2) is 18.2 Å². The number of thiol groups is 1. The van der Waals surface area contributed by atoms with E-state index < -0.39 is 10.7 Å². The third-order valence-electron chi connectivity index (χ3n) is 1.43. The maximum atomic E-state index is 10.3. The molecule has 0 aliphatic carbocycles. The number of benzene rings is 1. The Morgan fingerprint density at radius 2 is 2.08 bits per heavy atom. The van der Waals surface area contributed by atoms with Crippen molar-refractivity contribution in [1.29, 1.82) is 0 Å². The highest BCUT2D eigenvalue weighted by atomic mass is 35.5. The predicted molar refractivity (Wildman–Crippen MR) is 49.9 cm³/mol. The molecule has 0 aliphatic rings. The molecule has 1 aromatic rings. The Morgan fingerprint density at radius 1 is 1.42 bits per heavy atom. The lowest BCUT2D eigenvalue weighted by Crippen LogP contribution is -1.87. The highest BCUT2D eigenvalue weighted by Crippen LogP contribution is 2.16. The van der Waals surface area contributed by atoms with Crippen LogP contribution in [0.25, 0.3) is 0 Å². The van der Waals surface area contributed by atoms with Crippen LogP contribution in [0.2, 0.25) is 5.02 Å². The first-order chi connectivity index (χ1) is 5.59. The second kappa shape index (κ2) is 3.92. The van der Waals surface area contributed by atoms with E-state index in [0.29, 0.717) is 16.1 Å². The van der Waals surface area contributed by atoms with E-state index in [1.165, 1.54) is 0 Å². The van der Waals surface area contributed by atoms with Crippen molar-refractivity contribution in [2.45, 2.75) is 5.75 Å². The molecule has 0 bridgehead atoms. The highest BCUT2D eigenvalue weighted by molar-refractivity contribution is 7.71. The van der Waals surface area contributed by atoms with Gasteiger partial charge < -0.3 is 0 Å². The number of halogens is 1. The normalized spacial score (nSPS) is 10.6. The van der Waals surface area contributed by atoms with Gasteiger partial charge in [0.05, 0.1) is 5.75 Å². The Kier molecular flexibility index (Phi) is 3.12. The summed E-state index contributed by atoms with van der Waals surface area (Å²) < 4.78 is 20.7. The van der Waals surface area contributed by atoms with E-state index in [2.05, 4.69) is 6.92 Å². The summed E-state index contributed by atoms with van der Waals surface area (Å²) in [6.07, 6.45) is 0. The molecule has 12 heavy (non-hydrogen) atoms. The van der Waals surface area contributed by atoms with Gasteiger partial charge in [0, 0.05) is 5.02 Å². The molecule has 0 atom stereocenters. The number of hydrogen-bond acceptors (Lipinski definition) is 2. The number of rotatable bonds is 2. The summed E-state index contributed by atoms with van der Waals surface area (Å²) in [5.74, 6) is 0.0370. The molecule has 0 aliphatic heterocycles. The van der Waals surface area contributed by atoms with E-state index in [4.69, 9.17) is 11.6 Å². The molecule has 1 rings (SSSR count). The van der Waals surface area contributed by atoms with Gasteiger partial charge in [-0.3, -0.25) is 0 Å². The molecule has 1 aromatic carbocycles. The van der Waals surface area contributed by atoms with Gasteiger partial charge in [-0.2, -0.15) is 0 Å². The van der Waals surface area contributed by atoms with Crippen LogP contribution in [0.3, 0.4) is 0 Å². The summed E-state index contributed by atoms with van der Waals surface area (Å²) in [5.41, 5.74) is 1.41. The van der Waals surface area contributed by atoms with Crippen LogP contribution in [0.4, 0.5) is 0 Å². The van der Waals surface area contributed by atoms with Crippen molar-refractivity contribution in [3.63, 3.8) is 0 Å². The van der Waals surface area contributed by atoms with E-state index in [1.54, 1.807) is 18.2 Å². The molecule has 0 unspecified atom stereocenters. The van der Waals surface area contributed by atoms with Gasteiger partial charge in [-0.1, -0.05) is 23.7 Å². The first-order valence-electron chi connectivity index (χ1n) is 3.32. The van der Waals surface area contributed by atoms with Crippen molar-refractivity contribution in [2.24, 2.45) is 0 Å². The van der Waals surface area contributed by atoms with Gasteiger partial charge in [-0.15, -0.1) is 0 Å². The fourth-order valence-electron chi connectivity index (χ4n) is 0.838. The van der Waals surface area contributed by atoms with Crippen LogP contribution < -0.4 is 0 Å². The van der Waals surface area contributed by atoms with Gasteiger partial charge in [-0.05, 0) is 24.1 Å². The second-order valence-corrected chi connectivity index (χ2v) is 3.81. The predicted octanol–water partition coefficient (Wildman–Crippen LogP) is 1.63. The zero-order valence-electron chi connectivity index (χ0n) is 6.29. The number of hydrogen-bond donors (Lipinski definition) is 1. The van der Waals surface area contributed by atoms with Crippen LogP contribution in [-0.4, -0.2) is 8.42 Å². The molecule has 0 amide bonds. The molecular formula is C8H8ClO2S. The van der Waals surface area contributed by atoms with Crippen LogP contribution >= 0.6 is 11.6 Å². The standard InChI is InChI=1S/C8H8ClO2S/c1-6-2-3-7(4-8(6)9)5-12(10)11/h2-4,12H,1,5H2. The Bertz CT molecular complexity index is 350. The lowest BCUT2D eigenvalue weighted by molar-refractivity contribution is 0.614. The molecule has 0 fully saturated rings. The largest absolute Gasteiger partial charge is 0.232 e. The smallest absolute Gasteiger partial charge is 0.144 e. The molecule has 0 aromatic heterocycles. The van der Waals surface area contributed by atoms with Crippen LogP contribution in [0.1, 0.15) is 11.1 Å². The van der Waals surface area contributed by atoms with Gasteiger partial charge in [0.25, 0.3) is 0 Å². The average molecular weight is 204 g/mol. The van der Waals surface area contributed by atoms with Crippen LogP contribution in [0.5, 0.6) is 0 Å². The Balaban J connectivity index is 2.97. The van der Waals surface area contributed by atoms with Gasteiger partial charge >= 0.3 is 0 Å². The Morgan fingerprint density at radius 3 is 2.58 bits per heavy atom. The Labute approximate surface area is 78.1 Å². The lowest BCUT2D eigenvalue weighted by Gasteiger charge is -1.99. The van der Waals surface area contributed by atoms with Crippen molar-refractivity contribution in [3.05, 3.63) is 41.3 Å². The molecule has 0 saturated carbocycles. The van der Waals surface area contributed by atoms with Crippen molar-refractivity contribution in [2.75, 3.05) is 0 Å². The summed E-state index contributed by atoms with van der Waals surface area (Å²) in [6.45, 7) is 3.66. The monoisotopic (exact) mass is 203 g/mol. The molecule has 65 valence electrons. The van der Waals surface area contributed by atoms with Crippen LogP contribution in [-0.2, 0) is 16.5 Å². The summed E-state index contributed by atoms with van der Waals surface area (Å²) in [5, 5.41) is 0.504. The van der Waals surface area contributed by atoms with Crippen LogP contribution in [0, 0.1) is 6.92 Å². The summed E-state index contributed by atoms with van der Waals surface area (Å²) in [6, 6.07) is 5.03. The third-order valence-corrected chi connectivity index (χ3v) is 2.40. The fraction of sp³-hybridized carbons (Fsp3) is 0.125. The zero-order chi connectivity index (χ0) is 9.14. The molecule has 0 saturated heterocycles. The molecule has 0 heterocycles. The third kappa shape index (κ3) is 2.50. The van der Waals surface area contributed by atoms with Crippen molar-refractivity contribution >= 4 is 22.3 Å². The lowest BCUT2D eigenvalue weighted by atomic mass is 10.2. The van der Waals surface area contributed by atoms with Crippen molar-refractivity contribution in [1.82, 2.24) is 0 Å². The SMILES string of the molecule is [CH2]c1ccc(C[SH](=O)=O)cc1Cl. The van der Waals surface area contributed by atoms with E-state index in [-0.39, 0.29) is 5.75 Å².